The summed E-state index contributed by atoms with van der Waals surface area (Å²) in [7, 11) is 0. The lowest BCUT2D eigenvalue weighted by Gasteiger charge is -2.12. The van der Waals surface area contributed by atoms with E-state index in [2.05, 4.69) is 39.4 Å². The average molecular weight is 234 g/mol. The number of anilines is 1. The van der Waals surface area contributed by atoms with Gasteiger partial charge in [-0.3, -0.25) is 0 Å². The fourth-order valence-corrected chi connectivity index (χ4v) is 1.94. The van der Waals surface area contributed by atoms with Crippen molar-refractivity contribution in [3.05, 3.63) is 6.33 Å². The van der Waals surface area contributed by atoms with E-state index in [4.69, 9.17) is 0 Å². The molecule has 0 fully saturated rings. The predicted molar refractivity (Wildman–Crippen MR) is 66.9 cm³/mol. The lowest BCUT2D eigenvalue weighted by molar-refractivity contribution is 0.427. The van der Waals surface area contributed by atoms with Crippen LogP contribution in [0.2, 0.25) is 0 Å². The van der Waals surface area contributed by atoms with Gasteiger partial charge >= 0.3 is 0 Å². The maximum atomic E-state index is 4.29. The van der Waals surface area contributed by atoms with Crippen molar-refractivity contribution in [2.24, 2.45) is 0 Å². The summed E-state index contributed by atoms with van der Waals surface area (Å²) in [5.41, 5.74) is 1.56. The van der Waals surface area contributed by atoms with Crippen molar-refractivity contribution in [1.29, 1.82) is 0 Å². The molecule has 0 amide bonds. The summed E-state index contributed by atoms with van der Waals surface area (Å²) in [6.45, 7) is 7.13. The van der Waals surface area contributed by atoms with Gasteiger partial charge in [0.15, 0.2) is 17.0 Å². The molecule has 0 aliphatic rings. The molecule has 17 heavy (non-hydrogen) atoms. The largest absolute Gasteiger partial charge is 0.368 e. The maximum absolute atomic E-state index is 4.29. The zero-order valence-corrected chi connectivity index (χ0v) is 10.5. The lowest BCUT2D eigenvalue weighted by Crippen LogP contribution is -2.09. The number of rotatable bonds is 5. The Bertz CT molecular complexity index is 488. The van der Waals surface area contributed by atoms with Crippen molar-refractivity contribution in [3.63, 3.8) is 0 Å². The standard InChI is InChI=1S/C11H18N6/c1-4-8(5-2)17-11-9(15-16-17)10(12-6-3)13-7-14-11/h7-8H,4-6H2,1-3H3,(H,12,13,14). The Morgan fingerprint density at radius 1 is 1.24 bits per heavy atom. The number of fused-ring (bicyclic) bond motifs is 1. The van der Waals surface area contributed by atoms with E-state index in [1.54, 1.807) is 6.33 Å². The van der Waals surface area contributed by atoms with E-state index in [1.807, 2.05) is 11.6 Å². The Balaban J connectivity index is 2.50. The van der Waals surface area contributed by atoms with E-state index in [9.17, 15) is 0 Å². The minimum Gasteiger partial charge on any atom is -0.368 e. The van der Waals surface area contributed by atoms with Crippen molar-refractivity contribution in [2.45, 2.75) is 39.7 Å². The van der Waals surface area contributed by atoms with Crippen LogP contribution in [0, 0.1) is 0 Å². The monoisotopic (exact) mass is 234 g/mol. The first-order valence-corrected chi connectivity index (χ1v) is 6.11. The molecular weight excluding hydrogens is 216 g/mol. The number of aromatic nitrogens is 5. The normalized spacial score (nSPS) is 11.3. The molecule has 0 saturated heterocycles. The van der Waals surface area contributed by atoms with Gasteiger partial charge in [-0.25, -0.2) is 14.6 Å². The third-order valence-corrected chi connectivity index (χ3v) is 2.89. The highest BCUT2D eigenvalue weighted by Gasteiger charge is 2.15. The molecule has 2 heterocycles. The number of hydrogen-bond donors (Lipinski definition) is 1. The molecule has 92 valence electrons. The summed E-state index contributed by atoms with van der Waals surface area (Å²) in [6.07, 6.45) is 3.60. The van der Waals surface area contributed by atoms with Crippen LogP contribution < -0.4 is 5.32 Å². The maximum Gasteiger partial charge on any atom is 0.184 e. The number of hydrogen-bond acceptors (Lipinski definition) is 5. The Morgan fingerprint density at radius 2 is 2.00 bits per heavy atom. The molecular formula is C11H18N6. The minimum absolute atomic E-state index is 0.351. The third kappa shape index (κ3) is 2.07. The van der Waals surface area contributed by atoms with E-state index < -0.39 is 0 Å². The van der Waals surface area contributed by atoms with E-state index in [1.165, 1.54) is 0 Å². The van der Waals surface area contributed by atoms with Crippen LogP contribution in [-0.4, -0.2) is 31.5 Å². The van der Waals surface area contributed by atoms with Crippen molar-refractivity contribution < 1.29 is 0 Å². The van der Waals surface area contributed by atoms with Gasteiger partial charge in [-0.1, -0.05) is 19.1 Å². The minimum atomic E-state index is 0.351. The number of nitrogens with zero attached hydrogens (tertiary/aromatic N) is 5. The van der Waals surface area contributed by atoms with Gasteiger partial charge in [0.05, 0.1) is 6.04 Å². The average Bonchev–Trinajstić information content (AvgIpc) is 2.77. The predicted octanol–water partition coefficient (Wildman–Crippen LogP) is 2.01. The molecule has 0 aliphatic heterocycles. The zero-order valence-electron chi connectivity index (χ0n) is 10.5. The van der Waals surface area contributed by atoms with Gasteiger partial charge in [-0.2, -0.15) is 0 Å². The van der Waals surface area contributed by atoms with Gasteiger partial charge in [-0.05, 0) is 19.8 Å². The summed E-state index contributed by atoms with van der Waals surface area (Å²) in [5, 5.41) is 11.6. The molecule has 0 atom stereocenters. The molecule has 2 rings (SSSR count). The summed E-state index contributed by atoms with van der Waals surface area (Å²) in [4.78, 5) is 8.47. The lowest BCUT2D eigenvalue weighted by atomic mass is 10.2. The molecule has 0 aliphatic carbocycles. The van der Waals surface area contributed by atoms with Gasteiger partial charge in [0.25, 0.3) is 0 Å². The van der Waals surface area contributed by atoms with Crippen LogP contribution in [0.4, 0.5) is 5.82 Å². The molecule has 0 saturated carbocycles. The van der Waals surface area contributed by atoms with Gasteiger partial charge in [-0.15, -0.1) is 5.10 Å². The van der Waals surface area contributed by atoms with E-state index in [0.717, 1.165) is 36.4 Å². The van der Waals surface area contributed by atoms with Crippen LogP contribution in [0.3, 0.4) is 0 Å². The molecule has 0 spiro atoms. The van der Waals surface area contributed by atoms with Crippen molar-refractivity contribution in [3.8, 4) is 0 Å². The Kier molecular flexibility index (Phi) is 3.51. The first-order chi connectivity index (χ1) is 8.31. The van der Waals surface area contributed by atoms with Gasteiger partial charge in [0.2, 0.25) is 0 Å². The van der Waals surface area contributed by atoms with Crippen LogP contribution in [-0.2, 0) is 0 Å². The zero-order chi connectivity index (χ0) is 12.3. The Labute approximate surface area is 100 Å². The highest BCUT2D eigenvalue weighted by atomic mass is 15.5. The SMILES string of the molecule is CCNc1ncnc2c1nnn2C(CC)CC. The molecule has 0 radical (unpaired) electrons. The van der Waals surface area contributed by atoms with Crippen LogP contribution >= 0.6 is 0 Å². The van der Waals surface area contributed by atoms with E-state index in [0.29, 0.717) is 6.04 Å². The number of nitrogens with one attached hydrogen (secondary N) is 1. The molecule has 0 aromatic carbocycles. The van der Waals surface area contributed by atoms with Crippen LogP contribution in [0.5, 0.6) is 0 Å². The topological polar surface area (TPSA) is 68.5 Å². The molecule has 6 nitrogen and oxygen atoms in total. The third-order valence-electron chi connectivity index (χ3n) is 2.89. The summed E-state index contributed by atoms with van der Waals surface area (Å²) >= 11 is 0. The van der Waals surface area contributed by atoms with Crippen molar-refractivity contribution in [1.82, 2.24) is 25.0 Å². The quantitative estimate of drug-likeness (QED) is 0.857. The molecule has 0 bridgehead atoms. The van der Waals surface area contributed by atoms with Gasteiger partial charge < -0.3 is 5.32 Å². The Morgan fingerprint density at radius 3 is 2.65 bits per heavy atom. The molecule has 2 aromatic heterocycles. The fourth-order valence-electron chi connectivity index (χ4n) is 1.94. The first kappa shape index (κ1) is 11.8. The second-order valence-corrected chi connectivity index (χ2v) is 3.93. The van der Waals surface area contributed by atoms with Gasteiger partial charge in [0.1, 0.15) is 6.33 Å². The van der Waals surface area contributed by atoms with Crippen LogP contribution in [0.25, 0.3) is 11.2 Å². The molecule has 0 unspecified atom stereocenters. The fraction of sp³-hybridized carbons (Fsp3) is 0.636. The summed E-state index contributed by atoms with van der Waals surface area (Å²) in [5.74, 6) is 0.759. The van der Waals surface area contributed by atoms with E-state index in [-0.39, 0.29) is 0 Å². The van der Waals surface area contributed by atoms with Gasteiger partial charge in [0, 0.05) is 6.54 Å². The first-order valence-electron chi connectivity index (χ1n) is 6.11. The second kappa shape index (κ2) is 5.07. The van der Waals surface area contributed by atoms with Crippen LogP contribution in [0.15, 0.2) is 6.33 Å². The smallest absolute Gasteiger partial charge is 0.184 e. The summed E-state index contributed by atoms with van der Waals surface area (Å²) in [6, 6.07) is 0.351. The molecule has 6 heteroatoms. The highest BCUT2D eigenvalue weighted by Crippen LogP contribution is 2.21. The molecule has 1 N–H and O–H groups in total. The van der Waals surface area contributed by atoms with E-state index >= 15 is 0 Å². The summed E-state index contributed by atoms with van der Waals surface area (Å²) < 4.78 is 1.90. The van der Waals surface area contributed by atoms with Crippen molar-refractivity contribution in [2.75, 3.05) is 11.9 Å². The van der Waals surface area contributed by atoms with Crippen LogP contribution in [0.1, 0.15) is 39.7 Å². The van der Waals surface area contributed by atoms with Crippen molar-refractivity contribution >= 4 is 17.0 Å². The molecule has 2 aromatic rings. The Hall–Kier alpha value is -1.72. The highest BCUT2D eigenvalue weighted by molar-refractivity contribution is 5.81. The second-order valence-electron chi connectivity index (χ2n) is 3.93.